The number of likely N-dealkylation sites (N-methyl/N-ethyl adjacent to an activating group) is 1. The third kappa shape index (κ3) is 2.87. The van der Waals surface area contributed by atoms with Crippen molar-refractivity contribution in [3.05, 3.63) is 65.4 Å². The fourth-order valence-electron chi connectivity index (χ4n) is 8.58. The first-order valence-electron chi connectivity index (χ1n) is 13.6. The molecule has 6 nitrogen and oxygen atoms in total. The third-order valence-electron chi connectivity index (χ3n) is 10.7. The highest BCUT2D eigenvalue weighted by Gasteiger charge is 2.68. The highest BCUT2D eigenvalue weighted by atomic mass is 16.5. The smallest absolute Gasteiger partial charge is 0.218 e. The molecule has 2 aliphatic heterocycles. The van der Waals surface area contributed by atoms with Crippen molar-refractivity contribution in [1.29, 1.82) is 0 Å². The van der Waals surface area contributed by atoms with Gasteiger partial charge in [-0.05, 0) is 85.5 Å². The average molecular weight is 501 g/mol. The summed E-state index contributed by atoms with van der Waals surface area (Å²) in [6, 6.07) is 8.10. The summed E-state index contributed by atoms with van der Waals surface area (Å²) in [4.78, 5) is 6.12. The minimum Gasteiger partial charge on any atom is -0.493 e. The van der Waals surface area contributed by atoms with Crippen molar-refractivity contribution in [3.63, 3.8) is 0 Å². The molecular weight excluding hydrogens is 464 g/mol. The molecule has 3 heterocycles. The van der Waals surface area contributed by atoms with E-state index in [9.17, 15) is 15.3 Å². The number of aliphatic hydroxyl groups excluding tert-OH is 2. The Kier molecular flexibility index (Phi) is 4.81. The summed E-state index contributed by atoms with van der Waals surface area (Å²) in [5, 5.41) is 34.3. The second-order valence-corrected chi connectivity index (χ2v) is 12.4. The van der Waals surface area contributed by atoms with Gasteiger partial charge in [0.15, 0.2) is 0 Å². The molecule has 2 aromatic rings. The van der Waals surface area contributed by atoms with E-state index in [1.807, 2.05) is 25.1 Å². The highest BCUT2D eigenvalue weighted by Crippen LogP contribution is 2.69. The van der Waals surface area contributed by atoms with E-state index in [1.54, 1.807) is 6.20 Å². The van der Waals surface area contributed by atoms with Crippen molar-refractivity contribution in [2.24, 2.45) is 17.3 Å². The van der Waals surface area contributed by atoms with E-state index < -0.39 is 23.4 Å². The number of benzene rings is 1. The molecule has 1 saturated carbocycles. The predicted molar refractivity (Wildman–Crippen MR) is 143 cm³/mol. The van der Waals surface area contributed by atoms with Crippen LogP contribution < -0.4 is 0 Å². The number of aliphatic hydroxyl groups is 2. The van der Waals surface area contributed by atoms with Crippen LogP contribution in [0.1, 0.15) is 45.1 Å². The van der Waals surface area contributed by atoms with Crippen LogP contribution in [0.5, 0.6) is 5.88 Å². The molecule has 2 unspecified atom stereocenters. The van der Waals surface area contributed by atoms with Gasteiger partial charge in [-0.2, -0.15) is 0 Å². The van der Waals surface area contributed by atoms with Crippen LogP contribution in [-0.2, 0) is 4.74 Å². The number of hydrogen-bond donors (Lipinski definition) is 3. The Morgan fingerprint density at radius 3 is 2.73 bits per heavy atom. The van der Waals surface area contributed by atoms with E-state index in [0.717, 1.165) is 41.2 Å². The van der Waals surface area contributed by atoms with Crippen LogP contribution in [0.2, 0.25) is 0 Å². The van der Waals surface area contributed by atoms with Crippen LogP contribution in [-0.4, -0.2) is 68.8 Å². The molecule has 5 aliphatic rings. The summed E-state index contributed by atoms with van der Waals surface area (Å²) in [7, 11) is 3.93. The molecule has 2 spiro atoms. The maximum absolute atomic E-state index is 11.2. The zero-order valence-electron chi connectivity index (χ0n) is 22.0. The maximum Gasteiger partial charge on any atom is 0.218 e. The quantitative estimate of drug-likeness (QED) is 0.573. The molecular formula is C31H36N2O4. The number of aromatic nitrogens is 1. The van der Waals surface area contributed by atoms with Gasteiger partial charge in [0.25, 0.3) is 0 Å². The van der Waals surface area contributed by atoms with Gasteiger partial charge in [0, 0.05) is 29.0 Å². The van der Waals surface area contributed by atoms with Crippen LogP contribution in [0.4, 0.5) is 0 Å². The monoisotopic (exact) mass is 500 g/mol. The Hall–Kier alpha value is -2.51. The number of aromatic hydroxyl groups is 1. The number of rotatable bonds is 2. The van der Waals surface area contributed by atoms with Crippen LogP contribution >= 0.6 is 0 Å². The molecule has 3 N–H and O–H groups in total. The highest BCUT2D eigenvalue weighted by molar-refractivity contribution is 5.90. The third-order valence-corrected chi connectivity index (χ3v) is 10.7. The number of nitrogens with zero attached hydrogens (tertiary/aromatic N) is 2. The molecule has 0 radical (unpaired) electrons. The summed E-state index contributed by atoms with van der Waals surface area (Å²) >= 11 is 0. The zero-order valence-corrected chi connectivity index (χ0v) is 22.0. The average Bonchev–Trinajstić information content (AvgIpc) is 3.40. The first kappa shape index (κ1) is 23.6. The normalized spacial score (nSPS) is 42.1. The van der Waals surface area contributed by atoms with E-state index in [4.69, 9.17) is 4.74 Å². The molecule has 37 heavy (non-hydrogen) atoms. The van der Waals surface area contributed by atoms with Crippen LogP contribution in [0.25, 0.3) is 16.3 Å². The molecule has 7 rings (SSSR count). The largest absolute Gasteiger partial charge is 0.493 e. The lowest BCUT2D eigenvalue weighted by molar-refractivity contribution is -0.165. The van der Waals surface area contributed by atoms with Crippen molar-refractivity contribution in [2.45, 2.75) is 69.0 Å². The van der Waals surface area contributed by atoms with E-state index >= 15 is 0 Å². The number of allylic oxidation sites excluding steroid dienone is 3. The van der Waals surface area contributed by atoms with E-state index in [1.165, 1.54) is 11.1 Å². The van der Waals surface area contributed by atoms with Crippen LogP contribution in [0.15, 0.2) is 59.8 Å². The van der Waals surface area contributed by atoms with Crippen LogP contribution in [0, 0.1) is 17.3 Å². The van der Waals surface area contributed by atoms with Crippen molar-refractivity contribution in [2.75, 3.05) is 14.1 Å². The number of pyridine rings is 1. The van der Waals surface area contributed by atoms with Crippen LogP contribution in [0.3, 0.4) is 0 Å². The Balaban J connectivity index is 1.33. The summed E-state index contributed by atoms with van der Waals surface area (Å²) in [6.45, 7) is 4.67. The Morgan fingerprint density at radius 2 is 1.95 bits per heavy atom. The SMILES string of the molecule is CC1C=C2C=C3[C@@H](O)[C@H](O)[C@@H](N(C)C)C[C@]34CC[C@]2(O4)C2CC=C(c3ccc4ccnc(O)c4c3)[C@@]12C. The second kappa shape index (κ2) is 7.54. The number of ether oxygens (including phenoxy) is 1. The lowest BCUT2D eigenvalue weighted by Gasteiger charge is -2.57. The van der Waals surface area contributed by atoms with Crippen molar-refractivity contribution in [1.82, 2.24) is 9.88 Å². The van der Waals surface area contributed by atoms with Gasteiger partial charge in [-0.3, -0.25) is 0 Å². The van der Waals surface area contributed by atoms with Gasteiger partial charge in [-0.15, -0.1) is 0 Å². The summed E-state index contributed by atoms with van der Waals surface area (Å²) < 4.78 is 7.26. The molecule has 1 aromatic carbocycles. The fourth-order valence-corrected chi connectivity index (χ4v) is 8.58. The number of fused-ring (bicyclic) bond motifs is 2. The summed E-state index contributed by atoms with van der Waals surface area (Å²) in [5.41, 5.74) is 3.40. The standard InChI is InChI=1S/C31H36N2O4/c1-17-13-20-15-23-26(34)27(35)24(33(3)4)16-30(23)10-11-31(20,37-30)25-8-7-22(29(17,25)2)19-6-5-18-9-12-32-28(36)21(18)14-19/h5-7,9,12-15,17,24-27,34-35H,8,10-11,16H2,1-4H3,(H,32,36)/t17?,24-,25?,26+,27+,29+,30+,31+/m0/s1. The lowest BCUT2D eigenvalue weighted by atomic mass is 9.54. The molecule has 3 aliphatic carbocycles. The zero-order chi connectivity index (χ0) is 25.9. The fraction of sp³-hybridized carbons (Fsp3) is 0.516. The van der Waals surface area contributed by atoms with Gasteiger partial charge in [0.05, 0.1) is 17.3 Å². The molecule has 6 heteroatoms. The Labute approximate surface area is 218 Å². The lowest BCUT2D eigenvalue weighted by Crippen LogP contribution is -2.62. The maximum atomic E-state index is 11.2. The second-order valence-electron chi connectivity index (χ2n) is 12.4. The van der Waals surface area contributed by atoms with Gasteiger partial charge in [0.1, 0.15) is 6.10 Å². The molecule has 1 aromatic heterocycles. The Morgan fingerprint density at radius 1 is 1.14 bits per heavy atom. The molecule has 1 saturated heterocycles. The molecule has 2 bridgehead atoms. The molecule has 0 amide bonds. The molecule has 194 valence electrons. The van der Waals surface area contributed by atoms with Gasteiger partial charge in [0.2, 0.25) is 5.88 Å². The number of hydrogen-bond acceptors (Lipinski definition) is 6. The van der Waals surface area contributed by atoms with Crippen molar-refractivity contribution in [3.8, 4) is 5.88 Å². The predicted octanol–water partition coefficient (Wildman–Crippen LogP) is 4.21. The van der Waals surface area contributed by atoms with Gasteiger partial charge < -0.3 is 25.0 Å². The first-order valence-corrected chi connectivity index (χ1v) is 13.6. The van der Waals surface area contributed by atoms with Gasteiger partial charge in [-0.1, -0.05) is 44.2 Å². The van der Waals surface area contributed by atoms with Gasteiger partial charge >= 0.3 is 0 Å². The summed E-state index contributed by atoms with van der Waals surface area (Å²) in [6.07, 6.45) is 10.2. The van der Waals surface area contributed by atoms with Crippen molar-refractivity contribution >= 4 is 16.3 Å². The Bertz CT molecular complexity index is 1410. The van der Waals surface area contributed by atoms with E-state index in [-0.39, 0.29) is 29.2 Å². The minimum atomic E-state index is -0.919. The first-order chi connectivity index (χ1) is 17.6. The molecule has 8 atom stereocenters. The summed E-state index contributed by atoms with van der Waals surface area (Å²) in [5.74, 6) is 0.581. The van der Waals surface area contributed by atoms with E-state index in [0.29, 0.717) is 6.42 Å². The molecule has 2 fully saturated rings. The topological polar surface area (TPSA) is 86.1 Å². The van der Waals surface area contributed by atoms with Gasteiger partial charge in [-0.25, -0.2) is 4.98 Å². The van der Waals surface area contributed by atoms with Crippen molar-refractivity contribution < 1.29 is 20.1 Å². The van der Waals surface area contributed by atoms with E-state index in [2.05, 4.69) is 55.3 Å². The minimum absolute atomic E-state index is 0.0663.